The second-order valence-electron chi connectivity index (χ2n) is 4.49. The summed E-state index contributed by atoms with van der Waals surface area (Å²) < 4.78 is 0. The van der Waals surface area contributed by atoms with Gasteiger partial charge < -0.3 is 5.32 Å². The quantitative estimate of drug-likeness (QED) is 0.872. The standard InChI is InChI=1S/C13H17BrN2O/c14-9-10-5-1-2-6-11(10)16-13(17)12-7-3-4-8-15-12/h3-4,7-8,10-11H,1-2,5-6,9H2,(H,16,17). The van der Waals surface area contributed by atoms with Gasteiger partial charge in [0.2, 0.25) is 0 Å². The molecule has 1 fully saturated rings. The first-order valence-electron chi connectivity index (χ1n) is 6.09. The van der Waals surface area contributed by atoms with E-state index in [0.29, 0.717) is 11.6 Å². The largest absolute Gasteiger partial charge is 0.348 e. The lowest BCUT2D eigenvalue weighted by Gasteiger charge is -2.30. The molecule has 0 spiro atoms. The van der Waals surface area contributed by atoms with E-state index >= 15 is 0 Å². The van der Waals surface area contributed by atoms with Gasteiger partial charge in [-0.1, -0.05) is 34.8 Å². The van der Waals surface area contributed by atoms with Crippen LogP contribution in [0, 0.1) is 5.92 Å². The molecule has 1 N–H and O–H groups in total. The molecule has 1 heterocycles. The Morgan fingerprint density at radius 1 is 1.41 bits per heavy atom. The number of carbonyl (C=O) groups excluding carboxylic acids is 1. The first kappa shape index (κ1) is 12.6. The predicted molar refractivity (Wildman–Crippen MR) is 71.2 cm³/mol. The van der Waals surface area contributed by atoms with Crippen LogP contribution < -0.4 is 5.32 Å². The number of carbonyl (C=O) groups is 1. The lowest BCUT2D eigenvalue weighted by Crippen LogP contribution is -2.43. The highest BCUT2D eigenvalue weighted by molar-refractivity contribution is 9.09. The van der Waals surface area contributed by atoms with Crippen LogP contribution >= 0.6 is 15.9 Å². The van der Waals surface area contributed by atoms with E-state index in [-0.39, 0.29) is 11.9 Å². The minimum Gasteiger partial charge on any atom is -0.348 e. The molecule has 3 nitrogen and oxygen atoms in total. The summed E-state index contributed by atoms with van der Waals surface area (Å²) >= 11 is 3.53. The van der Waals surface area contributed by atoms with E-state index in [4.69, 9.17) is 0 Å². The number of alkyl halides is 1. The minimum absolute atomic E-state index is 0.0524. The van der Waals surface area contributed by atoms with E-state index < -0.39 is 0 Å². The Morgan fingerprint density at radius 3 is 2.94 bits per heavy atom. The molecule has 1 aliphatic rings. The molecule has 1 aromatic rings. The molecule has 4 heteroatoms. The third-order valence-corrected chi connectivity index (χ3v) is 4.15. The molecule has 1 saturated carbocycles. The van der Waals surface area contributed by atoms with Crippen molar-refractivity contribution in [2.24, 2.45) is 5.92 Å². The molecule has 0 aromatic carbocycles. The summed E-state index contributed by atoms with van der Waals surface area (Å²) in [5.41, 5.74) is 0.506. The number of pyridine rings is 1. The first-order chi connectivity index (χ1) is 8.31. The number of hydrogen-bond acceptors (Lipinski definition) is 2. The van der Waals surface area contributed by atoms with Crippen molar-refractivity contribution in [3.8, 4) is 0 Å². The maximum Gasteiger partial charge on any atom is 0.270 e. The SMILES string of the molecule is O=C(NC1CCCCC1CBr)c1ccccn1. The maximum absolute atomic E-state index is 12.0. The summed E-state index contributed by atoms with van der Waals surface area (Å²) in [6.07, 6.45) is 6.40. The second-order valence-corrected chi connectivity index (χ2v) is 5.14. The number of hydrogen-bond donors (Lipinski definition) is 1. The monoisotopic (exact) mass is 296 g/mol. The topological polar surface area (TPSA) is 42.0 Å². The van der Waals surface area contributed by atoms with Gasteiger partial charge in [-0.25, -0.2) is 0 Å². The van der Waals surface area contributed by atoms with Crippen molar-refractivity contribution in [3.63, 3.8) is 0 Å². The molecule has 2 atom stereocenters. The van der Waals surface area contributed by atoms with Crippen molar-refractivity contribution in [1.29, 1.82) is 0 Å². The maximum atomic E-state index is 12.0. The Balaban J connectivity index is 1.98. The Hall–Kier alpha value is -0.900. The van der Waals surface area contributed by atoms with Gasteiger partial charge in [0.1, 0.15) is 5.69 Å². The van der Waals surface area contributed by atoms with Crippen LogP contribution in [0.15, 0.2) is 24.4 Å². The highest BCUT2D eigenvalue weighted by Crippen LogP contribution is 2.26. The number of nitrogens with one attached hydrogen (secondary N) is 1. The van der Waals surface area contributed by atoms with Crippen LogP contribution in [0.2, 0.25) is 0 Å². The summed E-state index contributed by atoms with van der Waals surface area (Å²) in [5.74, 6) is 0.500. The zero-order chi connectivity index (χ0) is 12.1. The molecular formula is C13H17BrN2O. The average Bonchev–Trinajstić information content (AvgIpc) is 2.40. The van der Waals surface area contributed by atoms with Gasteiger partial charge >= 0.3 is 0 Å². The Labute approximate surface area is 110 Å². The van der Waals surface area contributed by atoms with E-state index in [1.54, 1.807) is 12.3 Å². The molecule has 0 radical (unpaired) electrons. The zero-order valence-electron chi connectivity index (χ0n) is 9.73. The van der Waals surface area contributed by atoms with Crippen LogP contribution in [0.25, 0.3) is 0 Å². The molecular weight excluding hydrogens is 280 g/mol. The van der Waals surface area contributed by atoms with Gasteiger partial charge in [-0.2, -0.15) is 0 Å². The summed E-state index contributed by atoms with van der Waals surface area (Å²) in [5, 5.41) is 4.06. The molecule has 0 aliphatic heterocycles. The third-order valence-electron chi connectivity index (χ3n) is 3.32. The van der Waals surface area contributed by atoms with Gasteiger partial charge in [-0.3, -0.25) is 9.78 Å². The number of amides is 1. The van der Waals surface area contributed by atoms with Crippen LogP contribution in [0.4, 0.5) is 0 Å². The van der Waals surface area contributed by atoms with Crippen LogP contribution in [0.1, 0.15) is 36.2 Å². The average molecular weight is 297 g/mol. The summed E-state index contributed by atoms with van der Waals surface area (Å²) in [6.45, 7) is 0. The van der Waals surface area contributed by atoms with E-state index in [0.717, 1.165) is 11.8 Å². The number of rotatable bonds is 3. The van der Waals surface area contributed by atoms with Crippen LogP contribution in [0.5, 0.6) is 0 Å². The molecule has 17 heavy (non-hydrogen) atoms. The molecule has 2 rings (SSSR count). The van der Waals surface area contributed by atoms with Crippen molar-refractivity contribution in [2.75, 3.05) is 5.33 Å². The molecule has 0 saturated heterocycles. The summed E-state index contributed by atoms with van der Waals surface area (Å²) in [6, 6.07) is 5.70. The predicted octanol–water partition coefficient (Wildman–Crippen LogP) is 2.77. The van der Waals surface area contributed by atoms with Gasteiger partial charge in [-0.15, -0.1) is 0 Å². The molecule has 92 valence electrons. The van der Waals surface area contributed by atoms with Crippen molar-refractivity contribution in [1.82, 2.24) is 10.3 Å². The lowest BCUT2D eigenvalue weighted by molar-refractivity contribution is 0.0906. The summed E-state index contributed by atoms with van der Waals surface area (Å²) in [7, 11) is 0. The molecule has 1 amide bonds. The fourth-order valence-electron chi connectivity index (χ4n) is 2.32. The van der Waals surface area contributed by atoms with Crippen molar-refractivity contribution >= 4 is 21.8 Å². The third kappa shape index (κ3) is 3.28. The molecule has 0 bridgehead atoms. The molecule has 1 aliphatic carbocycles. The number of nitrogens with zero attached hydrogens (tertiary/aromatic N) is 1. The number of aromatic nitrogens is 1. The van der Waals surface area contributed by atoms with Crippen molar-refractivity contribution in [3.05, 3.63) is 30.1 Å². The Kier molecular flexibility index (Phi) is 4.54. The number of halogens is 1. The van der Waals surface area contributed by atoms with Crippen molar-refractivity contribution in [2.45, 2.75) is 31.7 Å². The van der Waals surface area contributed by atoms with Gasteiger partial charge in [0.15, 0.2) is 0 Å². The van der Waals surface area contributed by atoms with E-state index in [2.05, 4.69) is 26.2 Å². The smallest absolute Gasteiger partial charge is 0.270 e. The minimum atomic E-state index is -0.0524. The van der Waals surface area contributed by atoms with Crippen LogP contribution in [0.3, 0.4) is 0 Å². The molecule has 1 aromatic heterocycles. The van der Waals surface area contributed by atoms with E-state index in [9.17, 15) is 4.79 Å². The van der Waals surface area contributed by atoms with Gasteiger partial charge in [-0.05, 0) is 30.9 Å². The molecule has 2 unspecified atom stereocenters. The Morgan fingerprint density at radius 2 is 2.24 bits per heavy atom. The fraction of sp³-hybridized carbons (Fsp3) is 0.538. The van der Waals surface area contributed by atoms with E-state index in [1.165, 1.54) is 19.3 Å². The van der Waals surface area contributed by atoms with Gasteiger partial charge in [0.25, 0.3) is 5.91 Å². The first-order valence-corrected chi connectivity index (χ1v) is 7.21. The fourth-order valence-corrected chi connectivity index (χ4v) is 3.10. The highest BCUT2D eigenvalue weighted by Gasteiger charge is 2.25. The Bertz CT molecular complexity index is 369. The van der Waals surface area contributed by atoms with Gasteiger partial charge in [0, 0.05) is 17.6 Å². The highest BCUT2D eigenvalue weighted by atomic mass is 79.9. The van der Waals surface area contributed by atoms with Gasteiger partial charge in [0.05, 0.1) is 0 Å². The zero-order valence-corrected chi connectivity index (χ0v) is 11.3. The second kappa shape index (κ2) is 6.15. The van der Waals surface area contributed by atoms with Crippen molar-refractivity contribution < 1.29 is 4.79 Å². The van der Waals surface area contributed by atoms with E-state index in [1.807, 2.05) is 12.1 Å². The lowest BCUT2D eigenvalue weighted by atomic mass is 9.86. The summed E-state index contributed by atoms with van der Waals surface area (Å²) in [4.78, 5) is 16.1. The normalized spacial score (nSPS) is 24.3. The van der Waals surface area contributed by atoms with Crippen LogP contribution in [-0.2, 0) is 0 Å². The van der Waals surface area contributed by atoms with Crippen LogP contribution in [-0.4, -0.2) is 22.3 Å².